The summed E-state index contributed by atoms with van der Waals surface area (Å²) in [5, 5.41) is 14.7. The number of dihydropyridines is 1. The van der Waals surface area contributed by atoms with E-state index in [1.54, 1.807) is 19.4 Å². The molecular weight excluding hydrogens is 592 g/mol. The second-order valence-electron chi connectivity index (χ2n) is 10.8. The van der Waals surface area contributed by atoms with Crippen LogP contribution in [-0.2, 0) is 20.9 Å². The molecule has 3 atom stereocenters. The number of phenolic OH excluding ortho intramolecular Hbond substituents is 1. The second-order valence-corrected chi connectivity index (χ2v) is 10.8. The third kappa shape index (κ3) is 9.75. The van der Waals surface area contributed by atoms with Crippen LogP contribution >= 0.6 is 12.6 Å². The molecule has 0 aromatic heterocycles. The van der Waals surface area contributed by atoms with Crippen molar-refractivity contribution in [3.05, 3.63) is 65.1 Å². The smallest absolute Gasteiger partial charge is 0.255 e. The Bertz CT molecular complexity index is 1220. The number of aromatic hydroxyl groups is 1. The number of ether oxygens (including phenoxy) is 1. The normalized spacial score (nSPS) is 20.7. The van der Waals surface area contributed by atoms with E-state index < -0.39 is 11.9 Å². The molecule has 45 heavy (non-hydrogen) atoms. The van der Waals surface area contributed by atoms with Crippen LogP contribution < -0.4 is 10.6 Å². The highest BCUT2D eigenvalue weighted by Crippen LogP contribution is 2.30. The van der Waals surface area contributed by atoms with E-state index in [1.807, 2.05) is 27.0 Å². The molecule has 3 N–H and O–H groups in total. The summed E-state index contributed by atoms with van der Waals surface area (Å²) in [6.07, 6.45) is 14.7. The van der Waals surface area contributed by atoms with Gasteiger partial charge in [-0.3, -0.25) is 24.6 Å². The van der Waals surface area contributed by atoms with E-state index in [-0.39, 0.29) is 30.6 Å². The third-order valence-electron chi connectivity index (χ3n) is 7.94. The van der Waals surface area contributed by atoms with Gasteiger partial charge >= 0.3 is 0 Å². The van der Waals surface area contributed by atoms with Gasteiger partial charge in [-0.25, -0.2) is 0 Å². The molecule has 250 valence electrons. The van der Waals surface area contributed by atoms with Gasteiger partial charge in [-0.15, -0.1) is 0 Å². The quantitative estimate of drug-likeness (QED) is 0.237. The maximum Gasteiger partial charge on any atom is 0.255 e. The standard InChI is InChI=1S/C16H26N4O.C14H16N2O4.C2H6.CH4S/c1-18-11-14(12-20-8-4-5-9-20)19(2)16(18)13-6-7-17-15(10-13)21-3;1-2-3-12(13(19)15-8-17)16-7-9-6-10(18)4-5-11(9)14(16)20;2*1-2/h6-7,10-11,15-17H,4-5,8-9,12H2,1-3H3;4-6,8,12,18H,2-3,7H2,1H3,(H,15,17,19);1-2H3;2H,1H3. The first-order chi connectivity index (χ1) is 21.8. The number of phenols is 1. The van der Waals surface area contributed by atoms with Crippen molar-refractivity contribution >= 4 is 30.9 Å². The summed E-state index contributed by atoms with van der Waals surface area (Å²) in [5.41, 5.74) is 3.85. The number of nitrogens with zero attached hydrogens (tertiary/aromatic N) is 4. The molecule has 3 amide bonds. The molecule has 1 fully saturated rings. The summed E-state index contributed by atoms with van der Waals surface area (Å²) in [6.45, 7) is 9.69. The summed E-state index contributed by atoms with van der Waals surface area (Å²) >= 11 is 3.53. The average Bonchev–Trinajstić information content (AvgIpc) is 3.76. The Kier molecular flexibility index (Phi) is 16.0. The largest absolute Gasteiger partial charge is 0.508 e. The lowest BCUT2D eigenvalue weighted by Crippen LogP contribution is -2.46. The molecule has 0 saturated carbocycles. The molecule has 11 nitrogen and oxygen atoms in total. The number of rotatable bonds is 9. The lowest BCUT2D eigenvalue weighted by atomic mass is 10.1. The van der Waals surface area contributed by atoms with E-state index in [4.69, 9.17) is 4.74 Å². The van der Waals surface area contributed by atoms with Crippen LogP contribution in [0.1, 0.15) is 62.4 Å². The van der Waals surface area contributed by atoms with Crippen molar-refractivity contribution in [1.29, 1.82) is 0 Å². The van der Waals surface area contributed by atoms with Gasteiger partial charge in [0, 0.05) is 51.8 Å². The first-order valence-electron chi connectivity index (χ1n) is 15.6. The highest BCUT2D eigenvalue weighted by atomic mass is 32.1. The van der Waals surface area contributed by atoms with Gasteiger partial charge in [-0.2, -0.15) is 12.6 Å². The number of benzene rings is 1. The van der Waals surface area contributed by atoms with Crippen molar-refractivity contribution in [2.24, 2.45) is 0 Å². The molecule has 1 saturated heterocycles. The van der Waals surface area contributed by atoms with Crippen LogP contribution in [0, 0.1) is 0 Å². The maximum atomic E-state index is 12.3. The van der Waals surface area contributed by atoms with Crippen LogP contribution in [0.4, 0.5) is 0 Å². The number of fused-ring (bicyclic) bond motifs is 1. The molecule has 0 radical (unpaired) electrons. The first-order valence-corrected chi connectivity index (χ1v) is 16.5. The molecule has 0 aliphatic carbocycles. The highest BCUT2D eigenvalue weighted by molar-refractivity contribution is 7.79. The molecule has 0 bridgehead atoms. The number of hydrogen-bond donors (Lipinski definition) is 4. The number of carbonyl (C=O) groups excluding carboxylic acids is 3. The zero-order valence-electron chi connectivity index (χ0n) is 27.8. The summed E-state index contributed by atoms with van der Waals surface area (Å²) in [6, 6.07) is 3.84. The summed E-state index contributed by atoms with van der Waals surface area (Å²) in [4.78, 5) is 43.3. The molecule has 1 aromatic carbocycles. The Morgan fingerprint density at radius 1 is 1.22 bits per heavy atom. The van der Waals surface area contributed by atoms with E-state index in [0.29, 0.717) is 30.4 Å². The van der Waals surface area contributed by atoms with E-state index in [0.717, 1.165) is 6.54 Å². The van der Waals surface area contributed by atoms with Gasteiger partial charge in [0.1, 0.15) is 24.2 Å². The lowest BCUT2D eigenvalue weighted by Gasteiger charge is -2.33. The van der Waals surface area contributed by atoms with Crippen molar-refractivity contribution < 1.29 is 24.2 Å². The van der Waals surface area contributed by atoms with E-state index in [1.165, 1.54) is 54.2 Å². The fourth-order valence-electron chi connectivity index (χ4n) is 5.87. The average molecular weight is 645 g/mol. The van der Waals surface area contributed by atoms with Crippen molar-refractivity contribution in [1.82, 2.24) is 30.2 Å². The van der Waals surface area contributed by atoms with Crippen LogP contribution in [0.15, 0.2) is 54.0 Å². The molecular formula is C33H52N6O5S. The van der Waals surface area contributed by atoms with Crippen molar-refractivity contribution in [3.63, 3.8) is 0 Å². The molecule has 4 heterocycles. The summed E-state index contributed by atoms with van der Waals surface area (Å²) < 4.78 is 5.38. The van der Waals surface area contributed by atoms with Gasteiger partial charge in [-0.05, 0) is 86.3 Å². The molecule has 0 spiro atoms. The van der Waals surface area contributed by atoms with Gasteiger partial charge in [-0.1, -0.05) is 27.2 Å². The number of hydrogen-bond acceptors (Lipinski definition) is 10. The zero-order valence-corrected chi connectivity index (χ0v) is 28.7. The Morgan fingerprint density at radius 2 is 1.91 bits per heavy atom. The number of carbonyl (C=O) groups is 3. The second kappa shape index (κ2) is 19.1. The Hall–Kier alpha value is -3.48. The Balaban J connectivity index is 0.000000283. The highest BCUT2D eigenvalue weighted by Gasteiger charge is 2.36. The predicted octanol–water partition coefficient (Wildman–Crippen LogP) is 3.50. The fraction of sp³-hybridized carbons (Fsp3) is 0.545. The van der Waals surface area contributed by atoms with Gasteiger partial charge in [0.05, 0.1) is 0 Å². The zero-order chi connectivity index (χ0) is 33.5. The van der Waals surface area contributed by atoms with Crippen LogP contribution in [0.2, 0.25) is 0 Å². The van der Waals surface area contributed by atoms with Crippen molar-refractivity contribution in [2.45, 2.75) is 71.4 Å². The predicted molar refractivity (Wildman–Crippen MR) is 181 cm³/mol. The number of nitrogens with one attached hydrogen (secondary N) is 2. The fourth-order valence-corrected chi connectivity index (χ4v) is 5.87. The molecule has 12 heteroatoms. The van der Waals surface area contributed by atoms with E-state index >= 15 is 0 Å². The molecule has 1 aromatic rings. The third-order valence-corrected chi connectivity index (χ3v) is 7.94. The van der Waals surface area contributed by atoms with Gasteiger partial charge < -0.3 is 29.9 Å². The maximum absolute atomic E-state index is 12.3. The van der Waals surface area contributed by atoms with Crippen LogP contribution in [0.3, 0.4) is 0 Å². The van der Waals surface area contributed by atoms with E-state index in [2.05, 4.69) is 70.4 Å². The Labute approximate surface area is 274 Å². The summed E-state index contributed by atoms with van der Waals surface area (Å²) in [7, 11) is 6.06. The van der Waals surface area contributed by atoms with Gasteiger partial charge in [0.15, 0.2) is 0 Å². The topological polar surface area (TPSA) is 118 Å². The van der Waals surface area contributed by atoms with Crippen molar-refractivity contribution in [2.75, 3.05) is 47.1 Å². The minimum atomic E-state index is -0.674. The first kappa shape index (κ1) is 37.7. The number of amides is 3. The van der Waals surface area contributed by atoms with Gasteiger partial charge in [0.25, 0.3) is 5.91 Å². The monoisotopic (exact) mass is 644 g/mol. The lowest BCUT2D eigenvalue weighted by molar-refractivity contribution is -0.129. The number of methoxy groups -OCH3 is 1. The SMILES string of the molecule is CC.CCCC(C(=O)NC=O)N1Cc2cc(O)ccc2C1=O.COC1C=C(C2N(C)C=C(CN3CCCC3)N2C)C=CN1.CS. The van der Waals surface area contributed by atoms with Crippen molar-refractivity contribution in [3.8, 4) is 5.75 Å². The number of thiol groups is 1. The molecule has 4 aliphatic heterocycles. The minimum absolute atomic E-state index is 0.0329. The number of likely N-dealkylation sites (N-methyl/N-ethyl adjacent to an activating group) is 2. The van der Waals surface area contributed by atoms with Crippen LogP contribution in [0.25, 0.3) is 0 Å². The molecule has 3 unspecified atom stereocenters. The van der Waals surface area contributed by atoms with Crippen LogP contribution in [-0.4, -0.2) is 108 Å². The number of likely N-dealkylation sites (tertiary alicyclic amines) is 1. The summed E-state index contributed by atoms with van der Waals surface area (Å²) in [5.74, 6) is -0.644. The van der Waals surface area contributed by atoms with Gasteiger partial charge in [0.2, 0.25) is 12.3 Å². The molecule has 4 aliphatic rings. The van der Waals surface area contributed by atoms with E-state index in [9.17, 15) is 19.5 Å². The Morgan fingerprint density at radius 3 is 2.53 bits per heavy atom. The number of imide groups is 1. The minimum Gasteiger partial charge on any atom is -0.508 e. The molecule has 5 rings (SSSR count). The van der Waals surface area contributed by atoms with Crippen LogP contribution in [0.5, 0.6) is 5.75 Å².